The minimum atomic E-state index is 0.655. The highest BCUT2D eigenvalue weighted by atomic mass is 16.5. The molecule has 0 aliphatic carbocycles. The Bertz CT molecular complexity index is 153. The zero-order valence-electron chi connectivity index (χ0n) is 8.21. The highest BCUT2D eigenvalue weighted by Crippen LogP contribution is 1.79. The second-order valence-corrected chi connectivity index (χ2v) is 2.59. The number of hydrogen-bond acceptors (Lipinski definition) is 2. The van der Waals surface area contributed by atoms with Gasteiger partial charge in [-0.05, 0) is 6.42 Å². The van der Waals surface area contributed by atoms with Gasteiger partial charge in [-0.2, -0.15) is 0 Å². The highest BCUT2D eigenvalue weighted by Gasteiger charge is 1.91. The van der Waals surface area contributed by atoms with E-state index in [0.717, 1.165) is 13.0 Å². The van der Waals surface area contributed by atoms with Crippen LogP contribution in [0.25, 0.3) is 0 Å². The summed E-state index contributed by atoms with van der Waals surface area (Å²) in [7, 11) is 3.85. The Labute approximate surface area is 74.7 Å². The third kappa shape index (κ3) is 7.28. The molecule has 0 aromatic heterocycles. The van der Waals surface area contributed by atoms with E-state index in [1.165, 1.54) is 0 Å². The zero-order valence-corrected chi connectivity index (χ0v) is 8.21. The van der Waals surface area contributed by atoms with Crippen molar-refractivity contribution in [1.82, 2.24) is 5.32 Å². The number of allylic oxidation sites excluding steroid dienone is 1. The van der Waals surface area contributed by atoms with Crippen LogP contribution >= 0.6 is 0 Å². The maximum absolute atomic E-state index is 5.32. The molecule has 0 rings (SSSR count). The monoisotopic (exact) mass is 171 g/mol. The molecule has 0 aromatic rings. The summed E-state index contributed by atoms with van der Waals surface area (Å²) >= 11 is 0. The molecular formula is C9H19N2O+. The lowest BCUT2D eigenvalue weighted by molar-refractivity contribution is -0.536. The van der Waals surface area contributed by atoms with Gasteiger partial charge in [0.15, 0.2) is 6.21 Å². The first-order valence-corrected chi connectivity index (χ1v) is 4.26. The molecule has 0 aliphatic heterocycles. The summed E-state index contributed by atoms with van der Waals surface area (Å²) in [6.07, 6.45) is 6.85. The molecule has 0 unspecified atom stereocenters. The smallest absolute Gasteiger partial charge is 0.247 e. The van der Waals surface area contributed by atoms with Gasteiger partial charge in [-0.1, -0.05) is 6.92 Å². The lowest BCUT2D eigenvalue weighted by Crippen LogP contribution is -2.12. The molecule has 70 valence electrons. The maximum Gasteiger partial charge on any atom is 0.247 e. The van der Waals surface area contributed by atoms with Crippen molar-refractivity contribution in [1.29, 1.82) is 0 Å². The van der Waals surface area contributed by atoms with Crippen molar-refractivity contribution < 1.29 is 9.31 Å². The van der Waals surface area contributed by atoms with Crippen LogP contribution in [0, 0.1) is 0 Å². The third-order valence-electron chi connectivity index (χ3n) is 1.25. The van der Waals surface area contributed by atoms with Gasteiger partial charge in [-0.3, -0.25) is 0 Å². The first-order chi connectivity index (χ1) is 5.81. The predicted molar refractivity (Wildman–Crippen MR) is 51.6 cm³/mol. The van der Waals surface area contributed by atoms with Gasteiger partial charge < -0.3 is 10.1 Å². The standard InChI is InChI=1S/C9H18N2O/c1-4-8-12-9-11(3)7-5-6-10-2/h5-7H,4,8-9H2,1-3H3/p+1. The summed E-state index contributed by atoms with van der Waals surface area (Å²) in [6, 6.07) is 0. The van der Waals surface area contributed by atoms with Crippen molar-refractivity contribution in [2.75, 3.05) is 27.4 Å². The van der Waals surface area contributed by atoms with Gasteiger partial charge in [-0.15, -0.1) is 0 Å². The average Bonchev–Trinajstić information content (AvgIpc) is 2.06. The number of ether oxygens (including phenoxy) is 1. The Morgan fingerprint density at radius 2 is 2.25 bits per heavy atom. The molecule has 0 heterocycles. The fourth-order valence-corrected chi connectivity index (χ4v) is 0.682. The molecule has 0 aliphatic rings. The van der Waals surface area contributed by atoms with Crippen molar-refractivity contribution in [3.63, 3.8) is 0 Å². The molecule has 0 atom stereocenters. The van der Waals surface area contributed by atoms with E-state index >= 15 is 0 Å². The van der Waals surface area contributed by atoms with Crippen molar-refractivity contribution in [2.45, 2.75) is 13.3 Å². The van der Waals surface area contributed by atoms with Crippen LogP contribution in [0.3, 0.4) is 0 Å². The summed E-state index contributed by atoms with van der Waals surface area (Å²) in [4.78, 5) is 0. The predicted octanol–water partition coefficient (Wildman–Crippen LogP) is 0.817. The first-order valence-electron chi connectivity index (χ1n) is 4.26. The number of nitrogens with one attached hydrogen (secondary N) is 1. The second kappa shape index (κ2) is 8.27. The topological polar surface area (TPSA) is 24.3 Å². The quantitative estimate of drug-likeness (QED) is 0.277. The molecule has 0 saturated carbocycles. The minimum Gasteiger partial charge on any atom is -0.394 e. The number of hydrogen-bond donors (Lipinski definition) is 1. The Morgan fingerprint density at radius 3 is 2.83 bits per heavy atom. The number of nitrogens with zero attached hydrogens (tertiary/aromatic N) is 1. The molecular weight excluding hydrogens is 152 g/mol. The van der Waals surface area contributed by atoms with Crippen LogP contribution < -0.4 is 5.32 Å². The molecule has 0 aromatic carbocycles. The van der Waals surface area contributed by atoms with Gasteiger partial charge in [-0.25, -0.2) is 4.58 Å². The lowest BCUT2D eigenvalue weighted by Gasteiger charge is -1.96. The SMILES string of the molecule is CCCOC/[N+](C)=C\C=C/NC. The van der Waals surface area contributed by atoms with Crippen LogP contribution in [0.2, 0.25) is 0 Å². The summed E-state index contributed by atoms with van der Waals surface area (Å²) in [5.74, 6) is 0. The normalized spacial score (nSPS) is 12.4. The second-order valence-electron chi connectivity index (χ2n) is 2.59. The van der Waals surface area contributed by atoms with E-state index in [9.17, 15) is 0 Å². The largest absolute Gasteiger partial charge is 0.394 e. The highest BCUT2D eigenvalue weighted by molar-refractivity contribution is 5.65. The molecule has 0 radical (unpaired) electrons. The van der Waals surface area contributed by atoms with Crippen LogP contribution in [-0.2, 0) is 4.74 Å². The minimum absolute atomic E-state index is 0.655. The maximum atomic E-state index is 5.32. The van der Waals surface area contributed by atoms with Crippen molar-refractivity contribution in [3.05, 3.63) is 12.3 Å². The Hall–Kier alpha value is -0.830. The van der Waals surface area contributed by atoms with Gasteiger partial charge in [0.1, 0.15) is 7.05 Å². The molecule has 0 amide bonds. The summed E-state index contributed by atoms with van der Waals surface area (Å²) in [5.41, 5.74) is 0. The van der Waals surface area contributed by atoms with Crippen LogP contribution in [-0.4, -0.2) is 38.2 Å². The third-order valence-corrected chi connectivity index (χ3v) is 1.25. The average molecular weight is 171 g/mol. The summed E-state index contributed by atoms with van der Waals surface area (Å²) in [6.45, 7) is 3.58. The Balaban J connectivity index is 3.48. The van der Waals surface area contributed by atoms with E-state index < -0.39 is 0 Å². The molecule has 1 N–H and O–H groups in total. The van der Waals surface area contributed by atoms with E-state index in [-0.39, 0.29) is 0 Å². The molecule has 0 fully saturated rings. The lowest BCUT2D eigenvalue weighted by atomic mass is 10.5. The van der Waals surface area contributed by atoms with Gasteiger partial charge >= 0.3 is 0 Å². The van der Waals surface area contributed by atoms with Crippen LogP contribution in [0.5, 0.6) is 0 Å². The van der Waals surface area contributed by atoms with E-state index in [0.29, 0.717) is 6.73 Å². The summed E-state index contributed by atoms with van der Waals surface area (Å²) < 4.78 is 7.31. The molecule has 0 bridgehead atoms. The molecule has 3 nitrogen and oxygen atoms in total. The van der Waals surface area contributed by atoms with Gasteiger partial charge in [0.05, 0.1) is 6.61 Å². The fraction of sp³-hybridized carbons (Fsp3) is 0.667. The fourth-order valence-electron chi connectivity index (χ4n) is 0.682. The molecule has 3 heteroatoms. The zero-order chi connectivity index (χ0) is 9.23. The van der Waals surface area contributed by atoms with Gasteiger partial charge in [0.25, 0.3) is 0 Å². The molecule has 0 spiro atoms. The van der Waals surface area contributed by atoms with Crippen molar-refractivity contribution in [2.24, 2.45) is 0 Å². The van der Waals surface area contributed by atoms with Crippen LogP contribution in [0.1, 0.15) is 13.3 Å². The van der Waals surface area contributed by atoms with Crippen LogP contribution in [0.4, 0.5) is 0 Å². The van der Waals surface area contributed by atoms with Crippen molar-refractivity contribution in [3.8, 4) is 0 Å². The first kappa shape index (κ1) is 11.2. The Kier molecular flexibility index (Phi) is 7.70. The van der Waals surface area contributed by atoms with E-state index in [1.54, 1.807) is 0 Å². The number of rotatable bonds is 6. The van der Waals surface area contributed by atoms with Crippen molar-refractivity contribution >= 4 is 6.21 Å². The van der Waals surface area contributed by atoms with E-state index in [2.05, 4.69) is 12.2 Å². The molecule has 0 saturated heterocycles. The van der Waals surface area contributed by atoms with Gasteiger partial charge in [0, 0.05) is 19.3 Å². The van der Waals surface area contributed by atoms with E-state index in [4.69, 9.17) is 4.74 Å². The molecule has 12 heavy (non-hydrogen) atoms. The van der Waals surface area contributed by atoms with Crippen LogP contribution in [0.15, 0.2) is 12.3 Å². The van der Waals surface area contributed by atoms with E-state index in [1.807, 2.05) is 37.2 Å². The summed E-state index contributed by atoms with van der Waals surface area (Å²) in [5, 5.41) is 2.91. The Morgan fingerprint density at radius 1 is 1.50 bits per heavy atom. The van der Waals surface area contributed by atoms with Gasteiger partial charge in [0.2, 0.25) is 6.73 Å².